The first-order valence-electron chi connectivity index (χ1n) is 13.0. The van der Waals surface area contributed by atoms with E-state index in [-0.39, 0.29) is 34.6 Å². The van der Waals surface area contributed by atoms with Crippen LogP contribution in [-0.4, -0.2) is 55.4 Å². The summed E-state index contributed by atoms with van der Waals surface area (Å²) < 4.78 is 24.7. The van der Waals surface area contributed by atoms with E-state index in [0.29, 0.717) is 11.1 Å². The van der Waals surface area contributed by atoms with Crippen molar-refractivity contribution in [2.24, 2.45) is 16.8 Å². The molecule has 5 rings (SSSR count). The van der Waals surface area contributed by atoms with E-state index in [1.165, 1.54) is 35.9 Å². The molecule has 6 nitrogen and oxygen atoms in total. The van der Waals surface area contributed by atoms with Crippen LogP contribution in [0.25, 0.3) is 0 Å². The second-order valence-corrected chi connectivity index (χ2v) is 13.7. The molecule has 1 amide bonds. The van der Waals surface area contributed by atoms with Crippen LogP contribution in [0.2, 0.25) is 0 Å². The first kappa shape index (κ1) is 25.3. The van der Waals surface area contributed by atoms with Gasteiger partial charge in [0, 0.05) is 35.6 Å². The Morgan fingerprint density at radius 3 is 2.36 bits per heavy atom. The molecule has 3 fully saturated rings. The standard InChI is InChI=1S/C28H35N3O3S2/c1-3-20(2)27(32)29-28-31(25-18-36(33,34)19-26(25)35-28)24-11-9-23(10-12-24)30-15-13-22(14-16-30)17-21-7-5-4-6-8-21/h4-12,20,22,25-26H,3,13-19H2,1-2H3. The van der Waals surface area contributed by atoms with E-state index in [0.717, 1.165) is 31.6 Å². The normalized spacial score (nSPS) is 25.8. The Hall–Kier alpha value is -2.32. The fourth-order valence-electron chi connectivity index (χ4n) is 5.41. The predicted molar refractivity (Wildman–Crippen MR) is 150 cm³/mol. The maximum absolute atomic E-state index is 12.6. The van der Waals surface area contributed by atoms with Crippen LogP contribution in [0.3, 0.4) is 0 Å². The van der Waals surface area contributed by atoms with E-state index < -0.39 is 9.84 Å². The van der Waals surface area contributed by atoms with E-state index in [1.807, 2.05) is 18.7 Å². The summed E-state index contributed by atoms with van der Waals surface area (Å²) in [6, 6.07) is 18.9. The van der Waals surface area contributed by atoms with Crippen LogP contribution in [0, 0.1) is 11.8 Å². The molecule has 192 valence electrons. The van der Waals surface area contributed by atoms with Crippen LogP contribution in [0.4, 0.5) is 11.4 Å². The number of carbonyl (C=O) groups excluding carboxylic acids is 1. The zero-order chi connectivity index (χ0) is 25.3. The zero-order valence-electron chi connectivity index (χ0n) is 21.0. The molecular weight excluding hydrogens is 490 g/mol. The topological polar surface area (TPSA) is 70.0 Å². The number of rotatable bonds is 6. The number of carbonyl (C=O) groups is 1. The quantitative estimate of drug-likeness (QED) is 0.540. The minimum Gasteiger partial charge on any atom is -0.372 e. The number of benzene rings is 2. The van der Waals surface area contributed by atoms with Crippen LogP contribution in [0.1, 0.15) is 38.7 Å². The molecule has 2 aromatic rings. The molecule has 3 aliphatic rings. The van der Waals surface area contributed by atoms with Crippen LogP contribution < -0.4 is 9.80 Å². The van der Waals surface area contributed by atoms with Gasteiger partial charge in [-0.1, -0.05) is 55.9 Å². The van der Waals surface area contributed by atoms with Gasteiger partial charge in [0.25, 0.3) is 5.91 Å². The third kappa shape index (κ3) is 5.49. The number of nitrogens with zero attached hydrogens (tertiary/aromatic N) is 3. The van der Waals surface area contributed by atoms with Gasteiger partial charge in [-0.05, 0) is 61.4 Å². The van der Waals surface area contributed by atoms with Gasteiger partial charge in [0.05, 0.1) is 17.5 Å². The van der Waals surface area contributed by atoms with Crippen molar-refractivity contribution in [2.75, 3.05) is 34.4 Å². The van der Waals surface area contributed by atoms with Gasteiger partial charge in [0.1, 0.15) is 0 Å². The molecule has 2 aromatic carbocycles. The first-order chi connectivity index (χ1) is 17.3. The van der Waals surface area contributed by atoms with E-state index in [9.17, 15) is 13.2 Å². The van der Waals surface area contributed by atoms with Crippen LogP contribution in [-0.2, 0) is 21.1 Å². The first-order valence-corrected chi connectivity index (χ1v) is 15.7. The highest BCUT2D eigenvalue weighted by molar-refractivity contribution is 8.16. The SMILES string of the molecule is CCC(C)C(=O)N=C1SC2CS(=O)(=O)CC2N1c1ccc(N2CCC(Cc3ccccc3)CC2)cc1. The molecule has 0 aromatic heterocycles. The van der Waals surface area contributed by atoms with E-state index in [2.05, 4.69) is 64.5 Å². The Morgan fingerprint density at radius 1 is 1.03 bits per heavy atom. The van der Waals surface area contributed by atoms with Crippen molar-refractivity contribution in [3.8, 4) is 0 Å². The molecule has 0 spiro atoms. The molecule has 3 heterocycles. The number of piperidine rings is 1. The zero-order valence-corrected chi connectivity index (χ0v) is 22.7. The fraction of sp³-hybridized carbons (Fsp3) is 0.500. The number of amidine groups is 1. The number of amides is 1. The molecule has 0 saturated carbocycles. The number of anilines is 2. The van der Waals surface area contributed by atoms with Gasteiger partial charge >= 0.3 is 0 Å². The Balaban J connectivity index is 1.29. The predicted octanol–water partition coefficient (Wildman–Crippen LogP) is 4.79. The lowest BCUT2D eigenvalue weighted by Crippen LogP contribution is -2.38. The van der Waals surface area contributed by atoms with Gasteiger partial charge in [-0.2, -0.15) is 4.99 Å². The Bertz CT molecular complexity index is 1210. The van der Waals surface area contributed by atoms with Crippen molar-refractivity contribution in [3.63, 3.8) is 0 Å². The highest BCUT2D eigenvalue weighted by atomic mass is 32.2. The number of hydrogen-bond acceptors (Lipinski definition) is 5. The van der Waals surface area contributed by atoms with Crippen molar-refractivity contribution >= 4 is 44.0 Å². The van der Waals surface area contributed by atoms with E-state index in [1.54, 1.807) is 0 Å². The van der Waals surface area contributed by atoms with E-state index >= 15 is 0 Å². The highest BCUT2D eigenvalue weighted by Crippen LogP contribution is 2.41. The number of fused-ring (bicyclic) bond motifs is 1. The van der Waals surface area contributed by atoms with Gasteiger partial charge in [-0.25, -0.2) is 8.42 Å². The fourth-order valence-corrected chi connectivity index (χ4v) is 9.33. The number of sulfone groups is 1. The van der Waals surface area contributed by atoms with Crippen molar-refractivity contribution in [3.05, 3.63) is 60.2 Å². The number of aliphatic imine (C=N–C) groups is 1. The molecule has 36 heavy (non-hydrogen) atoms. The maximum atomic E-state index is 12.6. The lowest BCUT2D eigenvalue weighted by atomic mass is 9.90. The van der Waals surface area contributed by atoms with Gasteiger partial charge in [-0.15, -0.1) is 0 Å². The summed E-state index contributed by atoms with van der Waals surface area (Å²) in [6.07, 6.45) is 4.23. The minimum atomic E-state index is -3.08. The lowest BCUT2D eigenvalue weighted by molar-refractivity contribution is -0.121. The molecule has 0 radical (unpaired) electrons. The molecule has 8 heteroatoms. The summed E-state index contributed by atoms with van der Waals surface area (Å²) in [7, 11) is -3.08. The van der Waals surface area contributed by atoms with Crippen molar-refractivity contribution < 1.29 is 13.2 Å². The van der Waals surface area contributed by atoms with Gasteiger partial charge < -0.3 is 9.80 Å². The molecule has 0 aliphatic carbocycles. The Labute approximate surface area is 219 Å². The molecule has 0 bridgehead atoms. The third-order valence-corrected chi connectivity index (χ3v) is 11.0. The van der Waals surface area contributed by atoms with Gasteiger partial charge in [0.15, 0.2) is 15.0 Å². The smallest absolute Gasteiger partial charge is 0.250 e. The number of thioether (sulfide) groups is 1. The van der Waals surface area contributed by atoms with E-state index in [4.69, 9.17) is 0 Å². The van der Waals surface area contributed by atoms with Crippen LogP contribution in [0.15, 0.2) is 59.6 Å². The van der Waals surface area contributed by atoms with Crippen molar-refractivity contribution in [1.82, 2.24) is 0 Å². The summed E-state index contributed by atoms with van der Waals surface area (Å²) >= 11 is 1.44. The Kier molecular flexibility index (Phi) is 7.45. The highest BCUT2D eigenvalue weighted by Gasteiger charge is 2.49. The molecule has 3 aliphatic heterocycles. The van der Waals surface area contributed by atoms with Crippen LogP contribution in [0.5, 0.6) is 0 Å². The average Bonchev–Trinajstić information content (AvgIpc) is 3.35. The molecule has 0 N–H and O–H groups in total. The van der Waals surface area contributed by atoms with Crippen molar-refractivity contribution in [1.29, 1.82) is 0 Å². The molecule has 3 unspecified atom stereocenters. The summed E-state index contributed by atoms with van der Waals surface area (Å²) in [5.74, 6) is 0.690. The molecule has 3 saturated heterocycles. The minimum absolute atomic E-state index is 0.0817. The summed E-state index contributed by atoms with van der Waals surface area (Å²) in [6.45, 7) is 5.94. The van der Waals surface area contributed by atoms with Crippen molar-refractivity contribution in [2.45, 2.75) is 50.8 Å². The molecule has 3 atom stereocenters. The van der Waals surface area contributed by atoms with Gasteiger partial charge in [0.2, 0.25) is 0 Å². The van der Waals surface area contributed by atoms with Gasteiger partial charge in [-0.3, -0.25) is 4.79 Å². The Morgan fingerprint density at radius 2 is 1.69 bits per heavy atom. The summed E-state index contributed by atoms with van der Waals surface area (Å²) in [4.78, 5) is 21.5. The maximum Gasteiger partial charge on any atom is 0.250 e. The van der Waals surface area contributed by atoms with Crippen LogP contribution >= 0.6 is 11.8 Å². The third-order valence-electron chi connectivity index (χ3n) is 7.78. The number of hydrogen-bond donors (Lipinski definition) is 0. The summed E-state index contributed by atoms with van der Waals surface area (Å²) in [5, 5.41) is 0.557. The lowest BCUT2D eigenvalue weighted by Gasteiger charge is -2.34. The summed E-state index contributed by atoms with van der Waals surface area (Å²) in [5.41, 5.74) is 3.51. The monoisotopic (exact) mass is 525 g/mol. The average molecular weight is 526 g/mol. The second-order valence-electron chi connectivity index (χ2n) is 10.3. The largest absolute Gasteiger partial charge is 0.372 e. The second kappa shape index (κ2) is 10.6. The molecular formula is C28H35N3O3S2.